The second-order valence-electron chi connectivity index (χ2n) is 4.57. The molecule has 0 saturated carbocycles. The lowest BCUT2D eigenvalue weighted by atomic mass is 10.1. The van der Waals surface area contributed by atoms with Crippen molar-refractivity contribution in [1.82, 2.24) is 0 Å². The molecule has 22 heavy (non-hydrogen) atoms. The summed E-state index contributed by atoms with van der Waals surface area (Å²) in [7, 11) is 1.57. The number of benzene rings is 2. The SMILES string of the molecule is COc1ccc(C(O)CC#Cc2ccccc2[N+](=O)[O-])cc1. The van der Waals surface area contributed by atoms with E-state index in [9.17, 15) is 15.2 Å². The van der Waals surface area contributed by atoms with Gasteiger partial charge in [0.2, 0.25) is 0 Å². The maximum absolute atomic E-state index is 10.9. The minimum Gasteiger partial charge on any atom is -0.497 e. The summed E-state index contributed by atoms with van der Waals surface area (Å²) in [6.07, 6.45) is -0.556. The van der Waals surface area contributed by atoms with Gasteiger partial charge in [0.25, 0.3) is 5.69 Å². The molecule has 0 bridgehead atoms. The first kappa shape index (κ1) is 15.5. The van der Waals surface area contributed by atoms with E-state index in [1.807, 2.05) is 0 Å². The van der Waals surface area contributed by atoms with E-state index in [-0.39, 0.29) is 12.1 Å². The van der Waals surface area contributed by atoms with Crippen molar-refractivity contribution in [1.29, 1.82) is 0 Å². The Morgan fingerprint density at radius 1 is 1.23 bits per heavy atom. The van der Waals surface area contributed by atoms with Crippen LogP contribution < -0.4 is 4.74 Å². The zero-order valence-corrected chi connectivity index (χ0v) is 12.0. The highest BCUT2D eigenvalue weighted by Gasteiger charge is 2.10. The standard InChI is InChI=1S/C17H15NO4/c1-22-15-11-9-14(10-12-15)17(19)8-4-6-13-5-2-3-7-16(13)18(20)21/h2-3,5,7,9-12,17,19H,8H2,1H3. The fraction of sp³-hybridized carbons (Fsp3) is 0.176. The predicted octanol–water partition coefficient (Wildman–Crippen LogP) is 3.08. The molecule has 2 aromatic rings. The van der Waals surface area contributed by atoms with Gasteiger partial charge in [-0.2, -0.15) is 0 Å². The number of aliphatic hydroxyl groups is 1. The molecule has 2 rings (SSSR count). The van der Waals surface area contributed by atoms with Crippen LogP contribution in [0.2, 0.25) is 0 Å². The molecule has 0 aliphatic heterocycles. The smallest absolute Gasteiger partial charge is 0.284 e. The fourth-order valence-corrected chi connectivity index (χ4v) is 1.93. The predicted molar refractivity (Wildman–Crippen MR) is 82.5 cm³/mol. The van der Waals surface area contributed by atoms with E-state index in [0.29, 0.717) is 11.3 Å². The summed E-state index contributed by atoms with van der Waals surface area (Å²) in [5.41, 5.74) is 1.03. The number of ether oxygens (including phenoxy) is 1. The number of hydrogen-bond donors (Lipinski definition) is 1. The number of nitro groups is 1. The van der Waals surface area contributed by atoms with E-state index < -0.39 is 11.0 Å². The van der Waals surface area contributed by atoms with Gasteiger partial charge >= 0.3 is 0 Å². The fourth-order valence-electron chi connectivity index (χ4n) is 1.93. The number of para-hydroxylation sites is 1. The monoisotopic (exact) mass is 297 g/mol. The van der Waals surface area contributed by atoms with Gasteiger partial charge in [0, 0.05) is 12.5 Å². The van der Waals surface area contributed by atoms with Gasteiger partial charge in [0.15, 0.2) is 0 Å². The Morgan fingerprint density at radius 2 is 1.91 bits per heavy atom. The van der Waals surface area contributed by atoms with Crippen molar-refractivity contribution in [2.24, 2.45) is 0 Å². The van der Waals surface area contributed by atoms with Crippen molar-refractivity contribution in [3.63, 3.8) is 0 Å². The molecule has 0 aliphatic rings. The molecule has 0 heterocycles. The van der Waals surface area contributed by atoms with Crippen LogP contribution >= 0.6 is 0 Å². The largest absolute Gasteiger partial charge is 0.497 e. The van der Waals surface area contributed by atoms with E-state index in [4.69, 9.17) is 4.74 Å². The first-order valence-electron chi connectivity index (χ1n) is 6.66. The number of methoxy groups -OCH3 is 1. The molecule has 0 spiro atoms. The van der Waals surface area contributed by atoms with Crippen LogP contribution in [0.1, 0.15) is 23.7 Å². The molecule has 112 valence electrons. The van der Waals surface area contributed by atoms with Gasteiger partial charge in [0.1, 0.15) is 11.3 Å². The summed E-state index contributed by atoms with van der Waals surface area (Å²) in [6, 6.07) is 13.3. The zero-order valence-electron chi connectivity index (χ0n) is 12.0. The van der Waals surface area contributed by atoms with Crippen LogP contribution in [0.15, 0.2) is 48.5 Å². The molecule has 0 aliphatic carbocycles. The van der Waals surface area contributed by atoms with Crippen molar-refractivity contribution in [3.8, 4) is 17.6 Å². The maximum Gasteiger partial charge on any atom is 0.284 e. The highest BCUT2D eigenvalue weighted by molar-refractivity contribution is 5.50. The van der Waals surface area contributed by atoms with E-state index in [0.717, 1.165) is 5.56 Å². The van der Waals surface area contributed by atoms with Crippen LogP contribution in [0.3, 0.4) is 0 Å². The highest BCUT2D eigenvalue weighted by Crippen LogP contribution is 2.20. The molecule has 5 nitrogen and oxygen atoms in total. The van der Waals surface area contributed by atoms with Crippen molar-refractivity contribution >= 4 is 5.69 Å². The molecular weight excluding hydrogens is 282 g/mol. The quantitative estimate of drug-likeness (QED) is 0.535. The Hall–Kier alpha value is -2.84. The van der Waals surface area contributed by atoms with Crippen LogP contribution in [0, 0.1) is 22.0 Å². The van der Waals surface area contributed by atoms with Gasteiger partial charge in [-0.05, 0) is 23.8 Å². The molecule has 0 aromatic heterocycles. The lowest BCUT2D eigenvalue weighted by molar-refractivity contribution is -0.385. The third-order valence-electron chi connectivity index (χ3n) is 3.12. The first-order valence-corrected chi connectivity index (χ1v) is 6.66. The lowest BCUT2D eigenvalue weighted by Crippen LogP contribution is -1.96. The number of hydrogen-bond acceptors (Lipinski definition) is 4. The minimum absolute atomic E-state index is 0.0334. The molecule has 0 fully saturated rings. The summed E-state index contributed by atoms with van der Waals surface area (Å²) in [4.78, 5) is 10.4. The van der Waals surface area contributed by atoms with Crippen LogP contribution in [-0.2, 0) is 0 Å². The summed E-state index contributed by atoms with van der Waals surface area (Å²) in [5.74, 6) is 6.24. The molecule has 0 radical (unpaired) electrons. The van der Waals surface area contributed by atoms with Gasteiger partial charge < -0.3 is 9.84 Å². The number of nitrogens with zero attached hydrogens (tertiary/aromatic N) is 1. The number of nitro benzene ring substituents is 1. The molecular formula is C17H15NO4. The minimum atomic E-state index is -0.749. The van der Waals surface area contributed by atoms with Crippen LogP contribution in [0.25, 0.3) is 0 Å². The number of aliphatic hydroxyl groups excluding tert-OH is 1. The van der Waals surface area contributed by atoms with Gasteiger partial charge in [-0.25, -0.2) is 0 Å². The van der Waals surface area contributed by atoms with Gasteiger partial charge in [-0.15, -0.1) is 0 Å². The summed E-state index contributed by atoms with van der Waals surface area (Å²) >= 11 is 0. The second kappa shape index (κ2) is 7.25. The van der Waals surface area contributed by atoms with E-state index in [2.05, 4.69) is 11.8 Å². The molecule has 0 amide bonds. The van der Waals surface area contributed by atoms with E-state index in [1.54, 1.807) is 49.6 Å². The van der Waals surface area contributed by atoms with Crippen molar-refractivity contribution in [3.05, 3.63) is 69.8 Å². The molecule has 5 heteroatoms. The normalized spacial score (nSPS) is 11.2. The Balaban J connectivity index is 2.08. The lowest BCUT2D eigenvalue weighted by Gasteiger charge is -2.08. The summed E-state index contributed by atoms with van der Waals surface area (Å²) in [6.45, 7) is 0. The number of rotatable bonds is 4. The van der Waals surface area contributed by atoms with Crippen LogP contribution in [0.5, 0.6) is 5.75 Å². The summed E-state index contributed by atoms with van der Waals surface area (Å²) in [5, 5.41) is 20.9. The van der Waals surface area contributed by atoms with Gasteiger partial charge in [-0.3, -0.25) is 10.1 Å². The van der Waals surface area contributed by atoms with Crippen molar-refractivity contribution in [2.75, 3.05) is 7.11 Å². The Labute approximate surface area is 128 Å². The van der Waals surface area contributed by atoms with Gasteiger partial charge in [0.05, 0.1) is 18.1 Å². The third kappa shape index (κ3) is 3.84. The zero-order chi connectivity index (χ0) is 15.9. The molecule has 1 N–H and O–H groups in total. The van der Waals surface area contributed by atoms with Crippen LogP contribution in [0.4, 0.5) is 5.69 Å². The average molecular weight is 297 g/mol. The Bertz CT molecular complexity index is 713. The topological polar surface area (TPSA) is 72.6 Å². The Morgan fingerprint density at radius 3 is 2.55 bits per heavy atom. The molecule has 2 aromatic carbocycles. The first-order chi connectivity index (χ1) is 10.6. The third-order valence-corrected chi connectivity index (χ3v) is 3.12. The average Bonchev–Trinajstić information content (AvgIpc) is 2.55. The Kier molecular flexibility index (Phi) is 5.12. The van der Waals surface area contributed by atoms with Crippen LogP contribution in [-0.4, -0.2) is 17.1 Å². The summed E-state index contributed by atoms with van der Waals surface area (Å²) < 4.78 is 5.05. The van der Waals surface area contributed by atoms with Crippen molar-refractivity contribution < 1.29 is 14.8 Å². The molecule has 1 unspecified atom stereocenters. The molecule has 1 atom stereocenters. The van der Waals surface area contributed by atoms with E-state index >= 15 is 0 Å². The highest BCUT2D eigenvalue weighted by atomic mass is 16.6. The second-order valence-corrected chi connectivity index (χ2v) is 4.57. The van der Waals surface area contributed by atoms with Gasteiger partial charge in [-0.1, -0.05) is 36.1 Å². The van der Waals surface area contributed by atoms with E-state index in [1.165, 1.54) is 6.07 Å². The maximum atomic E-state index is 10.9. The molecule has 0 saturated heterocycles. The van der Waals surface area contributed by atoms with Crippen molar-refractivity contribution in [2.45, 2.75) is 12.5 Å².